The second-order valence-electron chi connectivity index (χ2n) is 7.94. The molecular formula is C25H30ClNO3. The van der Waals surface area contributed by atoms with Gasteiger partial charge in [0.25, 0.3) is 0 Å². The van der Waals surface area contributed by atoms with E-state index in [9.17, 15) is 0 Å². The number of rotatable bonds is 6. The van der Waals surface area contributed by atoms with Gasteiger partial charge in [0.2, 0.25) is 0 Å². The fraction of sp³-hybridized carbons (Fsp3) is 0.440. The molecule has 4 rings (SSSR count). The van der Waals surface area contributed by atoms with Crippen molar-refractivity contribution in [1.82, 2.24) is 4.90 Å². The molecule has 0 saturated carbocycles. The molecule has 1 atom stereocenters. The van der Waals surface area contributed by atoms with Crippen molar-refractivity contribution in [3.05, 3.63) is 64.2 Å². The van der Waals surface area contributed by atoms with Crippen molar-refractivity contribution in [3.63, 3.8) is 0 Å². The summed E-state index contributed by atoms with van der Waals surface area (Å²) in [5.74, 6) is 1.58. The lowest BCUT2D eigenvalue weighted by atomic mass is 9.96. The maximum absolute atomic E-state index is 6.24. The largest absolute Gasteiger partial charge is 0.493 e. The Morgan fingerprint density at radius 1 is 1.07 bits per heavy atom. The highest BCUT2D eigenvalue weighted by Crippen LogP contribution is 2.38. The molecule has 0 N–H and O–H groups in total. The number of aryl methyl sites for hydroxylation is 1. The average molecular weight is 428 g/mol. The minimum absolute atomic E-state index is 0.101. The Bertz CT molecular complexity index is 894. The average Bonchev–Trinajstić information content (AvgIpc) is 2.99. The minimum Gasteiger partial charge on any atom is -0.493 e. The third kappa shape index (κ3) is 4.83. The third-order valence-electron chi connectivity index (χ3n) is 6.12. The first-order valence-corrected chi connectivity index (χ1v) is 11.1. The summed E-state index contributed by atoms with van der Waals surface area (Å²) in [6.45, 7) is 3.86. The summed E-state index contributed by atoms with van der Waals surface area (Å²) in [5, 5.41) is 0.787. The first-order chi connectivity index (χ1) is 14.7. The van der Waals surface area contributed by atoms with E-state index in [0.717, 1.165) is 68.4 Å². The number of fused-ring (bicyclic) bond motifs is 1. The second kappa shape index (κ2) is 9.86. The van der Waals surface area contributed by atoms with E-state index in [1.165, 1.54) is 22.3 Å². The van der Waals surface area contributed by atoms with Gasteiger partial charge in [-0.2, -0.15) is 0 Å². The van der Waals surface area contributed by atoms with E-state index >= 15 is 0 Å². The van der Waals surface area contributed by atoms with Gasteiger partial charge in [-0.25, -0.2) is 0 Å². The first-order valence-electron chi connectivity index (χ1n) is 10.7. The number of ether oxygens (including phenoxy) is 3. The number of nitrogens with zero attached hydrogens (tertiary/aromatic N) is 1. The third-order valence-corrected chi connectivity index (χ3v) is 6.37. The lowest BCUT2D eigenvalue weighted by Crippen LogP contribution is -2.30. The summed E-state index contributed by atoms with van der Waals surface area (Å²) in [6.07, 6.45) is 6.55. The predicted octanol–water partition coefficient (Wildman–Crippen LogP) is 5.54. The van der Waals surface area contributed by atoms with Crippen LogP contribution in [-0.4, -0.2) is 45.4 Å². The van der Waals surface area contributed by atoms with Crippen molar-refractivity contribution in [2.24, 2.45) is 0 Å². The van der Waals surface area contributed by atoms with Gasteiger partial charge < -0.3 is 14.2 Å². The zero-order valence-electron chi connectivity index (χ0n) is 17.8. The van der Waals surface area contributed by atoms with Crippen LogP contribution in [0.15, 0.2) is 42.5 Å². The Morgan fingerprint density at radius 2 is 1.83 bits per heavy atom. The van der Waals surface area contributed by atoms with Crippen LogP contribution < -0.4 is 9.47 Å². The van der Waals surface area contributed by atoms with E-state index in [0.29, 0.717) is 0 Å². The van der Waals surface area contributed by atoms with Crippen molar-refractivity contribution in [2.45, 2.75) is 31.8 Å². The monoisotopic (exact) mass is 427 g/mol. The fourth-order valence-electron chi connectivity index (χ4n) is 4.41. The maximum Gasteiger partial charge on any atom is 0.161 e. The van der Waals surface area contributed by atoms with Crippen LogP contribution in [0.2, 0.25) is 5.02 Å². The van der Waals surface area contributed by atoms with Crippen LogP contribution in [0.3, 0.4) is 0 Å². The van der Waals surface area contributed by atoms with Crippen LogP contribution in [-0.2, 0) is 11.2 Å². The molecular weight excluding hydrogens is 398 g/mol. The van der Waals surface area contributed by atoms with E-state index in [1.807, 2.05) is 12.1 Å². The molecule has 0 aliphatic carbocycles. The van der Waals surface area contributed by atoms with E-state index < -0.39 is 0 Å². The molecule has 160 valence electrons. The van der Waals surface area contributed by atoms with Gasteiger partial charge in [0.1, 0.15) is 0 Å². The Hall–Kier alpha value is -2.01. The van der Waals surface area contributed by atoms with Gasteiger partial charge in [0.05, 0.1) is 20.3 Å². The number of hydrogen-bond acceptors (Lipinski definition) is 4. The van der Waals surface area contributed by atoms with E-state index in [-0.39, 0.29) is 6.10 Å². The van der Waals surface area contributed by atoms with Crippen LogP contribution in [0.4, 0.5) is 0 Å². The quantitative estimate of drug-likeness (QED) is 0.605. The molecule has 2 aromatic carbocycles. The Morgan fingerprint density at radius 3 is 2.53 bits per heavy atom. The maximum atomic E-state index is 6.24. The van der Waals surface area contributed by atoms with Gasteiger partial charge in [-0.3, -0.25) is 4.90 Å². The second-order valence-corrected chi connectivity index (χ2v) is 8.38. The zero-order valence-corrected chi connectivity index (χ0v) is 18.6. The summed E-state index contributed by atoms with van der Waals surface area (Å²) >= 11 is 6.02. The molecule has 0 aromatic heterocycles. The number of hydrogen-bond donors (Lipinski definition) is 0. The molecule has 30 heavy (non-hydrogen) atoms. The lowest BCUT2D eigenvalue weighted by Gasteiger charge is -2.28. The van der Waals surface area contributed by atoms with Gasteiger partial charge in [-0.1, -0.05) is 29.8 Å². The highest BCUT2D eigenvalue weighted by molar-refractivity contribution is 6.30. The van der Waals surface area contributed by atoms with Crippen LogP contribution in [0, 0.1) is 0 Å². The number of methoxy groups -OCH3 is 2. The molecule has 0 amide bonds. The standard InChI is InChI=1S/C25H30ClNO3/c1-28-24-16-20-4-3-15-30-23(22(20)17-25(24)29-2)11-14-27-12-9-19(10-13-27)18-5-7-21(26)8-6-18/h5-9,16-17,23H,3-4,10-15H2,1-2H3. The molecule has 2 aliphatic heterocycles. The van der Waals surface area contributed by atoms with Crippen molar-refractivity contribution in [2.75, 3.05) is 40.5 Å². The molecule has 0 spiro atoms. The molecule has 2 aliphatic rings. The van der Waals surface area contributed by atoms with Crippen molar-refractivity contribution >= 4 is 17.2 Å². The molecule has 0 bridgehead atoms. The predicted molar refractivity (Wildman–Crippen MR) is 122 cm³/mol. The van der Waals surface area contributed by atoms with Crippen LogP contribution >= 0.6 is 11.6 Å². The highest BCUT2D eigenvalue weighted by Gasteiger charge is 2.23. The SMILES string of the molecule is COc1cc2c(cc1OC)C(CCN1CC=C(c3ccc(Cl)cc3)CC1)OCCC2. The summed E-state index contributed by atoms with van der Waals surface area (Å²) in [4.78, 5) is 2.51. The highest BCUT2D eigenvalue weighted by atomic mass is 35.5. The fourth-order valence-corrected chi connectivity index (χ4v) is 4.54. The topological polar surface area (TPSA) is 30.9 Å². The van der Waals surface area contributed by atoms with E-state index in [1.54, 1.807) is 14.2 Å². The molecule has 0 saturated heterocycles. The van der Waals surface area contributed by atoms with Gasteiger partial charge in [-0.15, -0.1) is 0 Å². The molecule has 0 radical (unpaired) electrons. The molecule has 1 unspecified atom stereocenters. The van der Waals surface area contributed by atoms with Gasteiger partial charge in [-0.05, 0) is 72.2 Å². The summed E-state index contributed by atoms with van der Waals surface area (Å²) in [6, 6.07) is 12.4. The van der Waals surface area contributed by atoms with Crippen LogP contribution in [0.1, 0.15) is 42.1 Å². The van der Waals surface area contributed by atoms with E-state index in [4.69, 9.17) is 25.8 Å². The van der Waals surface area contributed by atoms with E-state index in [2.05, 4.69) is 35.2 Å². The molecule has 5 heteroatoms. The number of benzene rings is 2. The molecule has 0 fully saturated rings. The Balaban J connectivity index is 1.41. The first kappa shape index (κ1) is 21.2. The summed E-state index contributed by atoms with van der Waals surface area (Å²) < 4.78 is 17.3. The molecule has 4 nitrogen and oxygen atoms in total. The zero-order chi connectivity index (χ0) is 20.9. The van der Waals surface area contributed by atoms with Crippen LogP contribution in [0.25, 0.3) is 5.57 Å². The Labute approximate surface area is 184 Å². The lowest BCUT2D eigenvalue weighted by molar-refractivity contribution is 0.0431. The van der Waals surface area contributed by atoms with Gasteiger partial charge in [0.15, 0.2) is 11.5 Å². The smallest absolute Gasteiger partial charge is 0.161 e. The van der Waals surface area contributed by atoms with Crippen LogP contribution in [0.5, 0.6) is 11.5 Å². The summed E-state index contributed by atoms with van der Waals surface area (Å²) in [7, 11) is 3.38. The number of halogens is 1. The molecule has 2 heterocycles. The normalized spacial score (nSPS) is 19.6. The van der Waals surface area contributed by atoms with Crippen molar-refractivity contribution in [3.8, 4) is 11.5 Å². The Kier molecular flexibility index (Phi) is 6.98. The minimum atomic E-state index is 0.101. The molecule has 2 aromatic rings. The van der Waals surface area contributed by atoms with Gasteiger partial charge >= 0.3 is 0 Å². The van der Waals surface area contributed by atoms with Gasteiger partial charge in [0, 0.05) is 31.3 Å². The van der Waals surface area contributed by atoms with Crippen molar-refractivity contribution < 1.29 is 14.2 Å². The summed E-state index contributed by atoms with van der Waals surface area (Å²) in [5.41, 5.74) is 5.26. The van der Waals surface area contributed by atoms with Crippen molar-refractivity contribution in [1.29, 1.82) is 0 Å².